The maximum absolute atomic E-state index is 12.6. The first-order valence-electron chi connectivity index (χ1n) is 9.14. The van der Waals surface area contributed by atoms with Crippen LogP contribution in [0.4, 0.5) is 0 Å². The van der Waals surface area contributed by atoms with E-state index in [0.29, 0.717) is 11.2 Å². The number of hydrazine groups is 2. The molecular weight excluding hydrogens is 306 g/mol. The fourth-order valence-electron chi connectivity index (χ4n) is 2.63. The van der Waals surface area contributed by atoms with Gasteiger partial charge in [-0.3, -0.25) is 9.59 Å². The van der Waals surface area contributed by atoms with Crippen LogP contribution in [0.1, 0.15) is 73.1 Å². The molecule has 0 aliphatic heterocycles. The lowest BCUT2D eigenvalue weighted by atomic mass is 9.97. The summed E-state index contributed by atoms with van der Waals surface area (Å²) >= 11 is 0. The summed E-state index contributed by atoms with van der Waals surface area (Å²) < 4.78 is 0. The van der Waals surface area contributed by atoms with Gasteiger partial charge in [0.1, 0.15) is 6.04 Å². The number of rotatable bonds is 12. The third-order valence-electron chi connectivity index (χ3n) is 4.16. The summed E-state index contributed by atoms with van der Waals surface area (Å²) in [6.07, 6.45) is 6.66. The Hall–Kier alpha value is -1.18. The molecule has 0 aromatic heterocycles. The SMILES string of the molecule is CCCCC(CCCC)NC(C(=O)N[C@@H](C)C(=O)N(N)N)C(C)C. The molecule has 0 saturated carbocycles. The van der Waals surface area contributed by atoms with Gasteiger partial charge in [0.25, 0.3) is 5.91 Å². The lowest BCUT2D eigenvalue weighted by Crippen LogP contribution is -2.57. The minimum absolute atomic E-state index is 0.116. The van der Waals surface area contributed by atoms with E-state index in [1.54, 1.807) is 6.92 Å². The van der Waals surface area contributed by atoms with Gasteiger partial charge in [0, 0.05) is 6.04 Å². The van der Waals surface area contributed by atoms with E-state index in [1.165, 1.54) is 0 Å². The van der Waals surface area contributed by atoms with Gasteiger partial charge in [-0.15, -0.1) is 0 Å². The molecule has 142 valence electrons. The van der Waals surface area contributed by atoms with E-state index in [2.05, 4.69) is 24.5 Å². The topological polar surface area (TPSA) is 113 Å². The number of nitrogens with two attached hydrogens (primary N) is 2. The van der Waals surface area contributed by atoms with Crippen molar-refractivity contribution in [1.82, 2.24) is 15.8 Å². The molecule has 0 heterocycles. The highest BCUT2D eigenvalue weighted by Gasteiger charge is 2.28. The summed E-state index contributed by atoms with van der Waals surface area (Å²) in [6, 6.07) is -0.780. The largest absolute Gasteiger partial charge is 0.343 e. The minimum atomic E-state index is -0.750. The van der Waals surface area contributed by atoms with Crippen LogP contribution in [0.25, 0.3) is 0 Å². The van der Waals surface area contributed by atoms with Crippen LogP contribution in [-0.4, -0.2) is 35.1 Å². The van der Waals surface area contributed by atoms with Gasteiger partial charge in [0.05, 0.1) is 6.04 Å². The average molecular weight is 344 g/mol. The molecule has 7 heteroatoms. The van der Waals surface area contributed by atoms with Crippen molar-refractivity contribution in [1.29, 1.82) is 0 Å². The van der Waals surface area contributed by atoms with Gasteiger partial charge in [-0.2, -0.15) is 0 Å². The van der Waals surface area contributed by atoms with Crippen LogP contribution < -0.4 is 22.3 Å². The first-order valence-corrected chi connectivity index (χ1v) is 9.14. The molecule has 0 spiro atoms. The highest BCUT2D eigenvalue weighted by molar-refractivity contribution is 5.89. The third kappa shape index (κ3) is 8.61. The second kappa shape index (κ2) is 12.2. The molecule has 1 unspecified atom stereocenters. The summed E-state index contributed by atoms with van der Waals surface area (Å²) in [4.78, 5) is 24.3. The van der Waals surface area contributed by atoms with Crippen molar-refractivity contribution in [3.8, 4) is 0 Å². The molecule has 0 aliphatic rings. The standard InChI is InChI=1S/C17H37N5O2/c1-6-8-10-14(11-9-7-2)21-15(12(3)4)16(23)20-13(5)17(24)22(18)19/h12-15,21H,6-11,18-19H2,1-5H3,(H,20,23)/t13-,15?/m0/s1. The third-order valence-corrected chi connectivity index (χ3v) is 4.16. The van der Waals surface area contributed by atoms with Crippen LogP contribution in [0.2, 0.25) is 0 Å². The number of carbonyl (C=O) groups excluding carboxylic acids is 2. The van der Waals surface area contributed by atoms with Gasteiger partial charge in [-0.1, -0.05) is 53.4 Å². The molecule has 0 radical (unpaired) electrons. The summed E-state index contributed by atoms with van der Waals surface area (Å²) in [7, 11) is 0. The van der Waals surface area contributed by atoms with Crippen LogP contribution >= 0.6 is 0 Å². The maximum atomic E-state index is 12.6. The van der Waals surface area contributed by atoms with E-state index in [1.807, 2.05) is 13.8 Å². The number of carbonyl (C=O) groups is 2. The van der Waals surface area contributed by atoms with Crippen molar-refractivity contribution in [2.45, 2.75) is 91.3 Å². The molecule has 0 aliphatic carbocycles. The lowest BCUT2D eigenvalue weighted by Gasteiger charge is -2.29. The van der Waals surface area contributed by atoms with E-state index in [0.717, 1.165) is 38.5 Å². The first kappa shape index (κ1) is 22.8. The average Bonchev–Trinajstić information content (AvgIpc) is 2.52. The van der Waals surface area contributed by atoms with Crippen LogP contribution in [0.5, 0.6) is 0 Å². The van der Waals surface area contributed by atoms with Crippen molar-refractivity contribution >= 4 is 11.8 Å². The molecule has 0 fully saturated rings. The zero-order chi connectivity index (χ0) is 18.7. The Kier molecular flexibility index (Phi) is 11.6. The van der Waals surface area contributed by atoms with Crippen molar-refractivity contribution < 1.29 is 9.59 Å². The van der Waals surface area contributed by atoms with Gasteiger partial charge in [-0.25, -0.2) is 16.8 Å². The van der Waals surface area contributed by atoms with Crippen LogP contribution in [-0.2, 0) is 9.59 Å². The Labute approximate surface area is 146 Å². The summed E-state index contributed by atoms with van der Waals surface area (Å²) in [5.41, 5.74) is 0. The molecule has 0 saturated heterocycles. The molecule has 0 aromatic rings. The number of amides is 2. The molecule has 24 heavy (non-hydrogen) atoms. The molecule has 0 rings (SSSR count). The van der Waals surface area contributed by atoms with E-state index in [4.69, 9.17) is 11.7 Å². The first-order chi connectivity index (χ1) is 11.2. The minimum Gasteiger partial charge on any atom is -0.343 e. The zero-order valence-corrected chi connectivity index (χ0v) is 16.0. The predicted molar refractivity (Wildman–Crippen MR) is 97.4 cm³/mol. The molecular formula is C17H37N5O2. The number of unbranched alkanes of at least 4 members (excludes halogenated alkanes) is 2. The Morgan fingerprint density at radius 1 is 1.00 bits per heavy atom. The molecule has 6 N–H and O–H groups in total. The quantitative estimate of drug-likeness (QED) is 0.243. The molecule has 7 nitrogen and oxygen atoms in total. The summed E-state index contributed by atoms with van der Waals surface area (Å²) in [5, 5.41) is 6.71. The highest BCUT2D eigenvalue weighted by Crippen LogP contribution is 2.12. The molecule has 2 amide bonds. The molecule has 2 atom stereocenters. The number of nitrogens with one attached hydrogen (secondary N) is 2. The summed E-state index contributed by atoms with van der Waals surface area (Å²) in [6.45, 7) is 9.91. The maximum Gasteiger partial charge on any atom is 0.273 e. The Balaban J connectivity index is 4.84. The van der Waals surface area contributed by atoms with Crippen LogP contribution in [0, 0.1) is 5.92 Å². The van der Waals surface area contributed by atoms with Crippen molar-refractivity contribution in [3.05, 3.63) is 0 Å². The van der Waals surface area contributed by atoms with Gasteiger partial charge in [-0.05, 0) is 25.7 Å². The van der Waals surface area contributed by atoms with Crippen molar-refractivity contribution in [3.63, 3.8) is 0 Å². The predicted octanol–water partition coefficient (Wildman–Crippen LogP) is 1.43. The fourth-order valence-corrected chi connectivity index (χ4v) is 2.63. The van der Waals surface area contributed by atoms with E-state index >= 15 is 0 Å². The van der Waals surface area contributed by atoms with Crippen LogP contribution in [0.3, 0.4) is 0 Å². The van der Waals surface area contributed by atoms with Gasteiger partial charge < -0.3 is 10.6 Å². The number of hydrogen-bond acceptors (Lipinski definition) is 5. The van der Waals surface area contributed by atoms with Crippen molar-refractivity contribution in [2.24, 2.45) is 17.6 Å². The second-order valence-corrected chi connectivity index (χ2v) is 6.85. The Morgan fingerprint density at radius 2 is 1.50 bits per heavy atom. The number of nitrogens with zero attached hydrogens (tertiary/aromatic N) is 1. The monoisotopic (exact) mass is 343 g/mol. The van der Waals surface area contributed by atoms with Crippen molar-refractivity contribution in [2.75, 3.05) is 0 Å². The van der Waals surface area contributed by atoms with E-state index in [-0.39, 0.29) is 17.9 Å². The highest BCUT2D eigenvalue weighted by atomic mass is 16.2. The van der Waals surface area contributed by atoms with E-state index in [9.17, 15) is 9.59 Å². The van der Waals surface area contributed by atoms with Gasteiger partial charge in [0.15, 0.2) is 0 Å². The normalized spacial score (nSPS) is 13.9. The Morgan fingerprint density at radius 3 is 1.88 bits per heavy atom. The van der Waals surface area contributed by atoms with Gasteiger partial charge >= 0.3 is 0 Å². The smallest absolute Gasteiger partial charge is 0.273 e. The number of hydrogen-bond donors (Lipinski definition) is 4. The molecule has 0 aromatic carbocycles. The van der Waals surface area contributed by atoms with Crippen LogP contribution in [0.15, 0.2) is 0 Å². The summed E-state index contributed by atoms with van der Waals surface area (Å²) in [5.74, 6) is 9.87. The molecule has 0 bridgehead atoms. The second-order valence-electron chi connectivity index (χ2n) is 6.85. The zero-order valence-electron chi connectivity index (χ0n) is 16.0. The van der Waals surface area contributed by atoms with Gasteiger partial charge in [0.2, 0.25) is 5.91 Å². The fraction of sp³-hybridized carbons (Fsp3) is 0.882. The lowest BCUT2D eigenvalue weighted by molar-refractivity contribution is -0.137. The van der Waals surface area contributed by atoms with E-state index < -0.39 is 11.9 Å². The Bertz CT molecular complexity index is 366.